The summed E-state index contributed by atoms with van der Waals surface area (Å²) in [5.41, 5.74) is -0.271. The Hall–Kier alpha value is -1.95. The monoisotopic (exact) mass is 454 g/mol. The van der Waals surface area contributed by atoms with Crippen LogP contribution in [0.3, 0.4) is 0 Å². The Balaban J connectivity index is 1.72. The molecule has 0 aromatic heterocycles. The number of carbonyl (C=O) groups is 1. The summed E-state index contributed by atoms with van der Waals surface area (Å²) in [6.45, 7) is -0.261. The number of alkyl halides is 2. The highest BCUT2D eigenvalue weighted by Crippen LogP contribution is 2.35. The Morgan fingerprint density at radius 2 is 1.83 bits per heavy atom. The van der Waals surface area contributed by atoms with Crippen molar-refractivity contribution in [3.63, 3.8) is 0 Å². The van der Waals surface area contributed by atoms with Crippen LogP contribution in [-0.4, -0.2) is 56.6 Å². The number of nitrogens with zero attached hydrogens (tertiary/aromatic N) is 1. The molecule has 0 aliphatic carbocycles. The van der Waals surface area contributed by atoms with E-state index >= 15 is 0 Å². The number of cyclic esters (lactones) is 1. The van der Waals surface area contributed by atoms with E-state index in [0.717, 1.165) is 17.0 Å². The third-order valence-corrected chi connectivity index (χ3v) is 6.95. The van der Waals surface area contributed by atoms with Gasteiger partial charge in [-0.3, -0.25) is 4.90 Å². The summed E-state index contributed by atoms with van der Waals surface area (Å²) < 4.78 is 82.1. The van der Waals surface area contributed by atoms with Crippen LogP contribution in [0.25, 0.3) is 0 Å². The molecule has 1 aromatic rings. The molecule has 2 aliphatic rings. The van der Waals surface area contributed by atoms with Crippen LogP contribution in [-0.2, 0) is 14.6 Å². The van der Waals surface area contributed by atoms with Crippen molar-refractivity contribution in [2.24, 2.45) is 0 Å². The fourth-order valence-corrected chi connectivity index (χ4v) is 5.00. The molecule has 1 amide bonds. The van der Waals surface area contributed by atoms with Crippen molar-refractivity contribution in [3.05, 3.63) is 29.3 Å². The van der Waals surface area contributed by atoms with E-state index in [0.29, 0.717) is 0 Å². The highest BCUT2D eigenvalue weighted by molar-refractivity contribution is 7.91. The van der Waals surface area contributed by atoms with E-state index in [9.17, 15) is 30.8 Å². The van der Waals surface area contributed by atoms with Gasteiger partial charge in [0.1, 0.15) is 32.6 Å². The zero-order valence-corrected chi connectivity index (χ0v) is 16.7. The van der Waals surface area contributed by atoms with E-state index in [1.54, 1.807) is 0 Å². The zero-order valence-electron chi connectivity index (χ0n) is 15.0. The molecule has 2 aliphatic heterocycles. The molecule has 1 atom stereocenters. The predicted octanol–water partition coefficient (Wildman–Crippen LogP) is 2.76. The van der Waals surface area contributed by atoms with Gasteiger partial charge >= 0.3 is 6.09 Å². The van der Waals surface area contributed by atoms with Gasteiger partial charge in [-0.2, -0.15) is 0 Å². The number of ether oxygens (including phenoxy) is 1. The predicted molar refractivity (Wildman–Crippen MR) is 101 cm³/mol. The normalized spacial score (nSPS) is 22.0. The summed E-state index contributed by atoms with van der Waals surface area (Å²) in [4.78, 5) is 12.3. The summed E-state index contributed by atoms with van der Waals surface area (Å²) in [5, 5.41) is 2.28. The second-order valence-corrected chi connectivity index (χ2v) is 9.65. The maximum atomic E-state index is 14.6. The van der Waals surface area contributed by atoms with Gasteiger partial charge in [0, 0.05) is 5.56 Å². The summed E-state index contributed by atoms with van der Waals surface area (Å²) in [6.07, 6.45) is -4.29. The van der Waals surface area contributed by atoms with E-state index in [-0.39, 0.29) is 48.7 Å². The Bertz CT molecular complexity index is 889. The Labute approximate surface area is 170 Å². The molecule has 3 rings (SSSR count). The Kier molecular flexibility index (Phi) is 6.32. The second-order valence-electron chi connectivity index (χ2n) is 6.91. The third kappa shape index (κ3) is 4.97. The van der Waals surface area contributed by atoms with Gasteiger partial charge in [-0.25, -0.2) is 30.8 Å². The highest BCUT2D eigenvalue weighted by Gasteiger charge is 2.35. The maximum Gasteiger partial charge on any atom is 0.414 e. The molecular weight excluding hydrogens is 436 g/mol. The smallest absolute Gasteiger partial charge is 0.414 e. The molecule has 29 heavy (non-hydrogen) atoms. The summed E-state index contributed by atoms with van der Waals surface area (Å²) in [6, 6.07) is 1.98. The van der Waals surface area contributed by atoms with Crippen molar-refractivity contribution in [1.29, 1.82) is 0 Å². The first kappa shape index (κ1) is 21.8. The van der Waals surface area contributed by atoms with Crippen molar-refractivity contribution >= 4 is 38.8 Å². The Morgan fingerprint density at radius 1 is 1.24 bits per heavy atom. The zero-order chi connectivity index (χ0) is 21.3. The van der Waals surface area contributed by atoms with Crippen molar-refractivity contribution in [2.75, 3.05) is 29.5 Å². The number of carbonyl (C=O) groups excluding carboxylic acids is 1. The lowest BCUT2D eigenvalue weighted by atomic mass is 9.92. The van der Waals surface area contributed by atoms with Crippen LogP contribution in [0.5, 0.6) is 0 Å². The fraction of sp³-hybridized carbons (Fsp3) is 0.529. The topological polar surface area (TPSA) is 75.7 Å². The number of hydrogen-bond acceptors (Lipinski definition) is 5. The average Bonchev–Trinajstić information content (AvgIpc) is 3.01. The van der Waals surface area contributed by atoms with E-state index < -0.39 is 51.0 Å². The minimum absolute atomic E-state index is 0.0730. The molecular formula is C17H18F4N2O4S2. The molecule has 2 heterocycles. The minimum Gasteiger partial charge on any atom is -0.442 e. The van der Waals surface area contributed by atoms with E-state index in [4.69, 9.17) is 4.74 Å². The molecule has 0 saturated carbocycles. The van der Waals surface area contributed by atoms with E-state index in [2.05, 4.69) is 17.5 Å². The SMILES string of the molecule is O=C1O[C@@H](CNC(=S)C(F)F)CN1c1cc(F)c(C2CCS(=O)(=O)CC2)c(F)c1. The molecule has 1 aromatic carbocycles. The standard InChI is InChI=1S/C17H18F4N2O4S2/c18-12-5-10(6-13(19)14(12)9-1-3-29(25,26)4-2-9)23-8-11(27-17(23)24)7-22-16(28)15(20)21/h5-6,9,11,15H,1-4,7-8H2,(H,22,28)/t11-/m0/s1. The van der Waals surface area contributed by atoms with Gasteiger partial charge in [-0.05, 0) is 30.9 Å². The summed E-state index contributed by atoms with van der Waals surface area (Å²) >= 11 is 4.44. The van der Waals surface area contributed by atoms with Gasteiger partial charge in [-0.15, -0.1) is 0 Å². The number of nitrogens with one attached hydrogen (secondary N) is 1. The number of thiocarbonyl (C=S) groups is 1. The molecule has 160 valence electrons. The van der Waals surface area contributed by atoms with Crippen molar-refractivity contribution in [2.45, 2.75) is 31.3 Å². The van der Waals surface area contributed by atoms with Gasteiger partial charge < -0.3 is 10.1 Å². The van der Waals surface area contributed by atoms with Crippen molar-refractivity contribution in [1.82, 2.24) is 5.32 Å². The van der Waals surface area contributed by atoms with E-state index in [1.165, 1.54) is 0 Å². The van der Waals surface area contributed by atoms with Crippen LogP contribution in [0.4, 0.5) is 28.0 Å². The number of benzene rings is 1. The number of amides is 1. The van der Waals surface area contributed by atoms with Gasteiger partial charge in [0.2, 0.25) is 0 Å². The van der Waals surface area contributed by atoms with Crippen LogP contribution >= 0.6 is 12.2 Å². The van der Waals surface area contributed by atoms with Crippen LogP contribution in [0.1, 0.15) is 24.3 Å². The van der Waals surface area contributed by atoms with Crippen molar-refractivity contribution < 1.29 is 35.5 Å². The average molecular weight is 454 g/mol. The number of anilines is 1. The molecule has 0 bridgehead atoms. The van der Waals surface area contributed by atoms with Crippen LogP contribution in [0.2, 0.25) is 0 Å². The van der Waals surface area contributed by atoms with Crippen LogP contribution < -0.4 is 10.2 Å². The third-order valence-electron chi connectivity index (χ3n) is 4.91. The summed E-state index contributed by atoms with van der Waals surface area (Å²) in [7, 11) is -3.18. The van der Waals surface area contributed by atoms with Gasteiger partial charge in [-0.1, -0.05) is 12.2 Å². The molecule has 6 nitrogen and oxygen atoms in total. The lowest BCUT2D eigenvalue weighted by molar-refractivity contribution is 0.142. The second kappa shape index (κ2) is 8.42. The van der Waals surface area contributed by atoms with Gasteiger partial charge in [0.25, 0.3) is 6.43 Å². The first-order valence-corrected chi connectivity index (χ1v) is 11.0. The molecule has 12 heteroatoms. The first-order chi connectivity index (χ1) is 13.6. The number of rotatable bonds is 5. The maximum absolute atomic E-state index is 14.6. The minimum atomic E-state index is -3.18. The lowest BCUT2D eigenvalue weighted by Crippen LogP contribution is -2.36. The molecule has 2 fully saturated rings. The number of sulfone groups is 1. The molecule has 2 saturated heterocycles. The van der Waals surface area contributed by atoms with Crippen LogP contribution in [0.15, 0.2) is 12.1 Å². The Morgan fingerprint density at radius 3 is 2.38 bits per heavy atom. The van der Waals surface area contributed by atoms with E-state index in [1.807, 2.05) is 0 Å². The lowest BCUT2D eigenvalue weighted by Gasteiger charge is -2.24. The van der Waals surface area contributed by atoms with Gasteiger partial charge in [0.15, 0.2) is 0 Å². The fourth-order valence-electron chi connectivity index (χ4n) is 3.43. The number of hydrogen-bond donors (Lipinski definition) is 1. The highest BCUT2D eigenvalue weighted by atomic mass is 32.2. The molecule has 0 spiro atoms. The summed E-state index contributed by atoms with van der Waals surface area (Å²) in [5.74, 6) is -2.59. The van der Waals surface area contributed by atoms with Crippen molar-refractivity contribution in [3.8, 4) is 0 Å². The first-order valence-electron chi connectivity index (χ1n) is 8.81. The largest absolute Gasteiger partial charge is 0.442 e. The quantitative estimate of drug-likeness (QED) is 0.545. The molecule has 1 N–H and O–H groups in total. The van der Waals surface area contributed by atoms with Crippen LogP contribution in [0, 0.1) is 11.6 Å². The molecule has 0 unspecified atom stereocenters. The van der Waals surface area contributed by atoms with Gasteiger partial charge in [0.05, 0.1) is 30.3 Å². The molecule has 0 radical (unpaired) electrons. The number of halogens is 4.